The standard InChI is InChI=1S/C15H15N3S2/c1-2-3-9-18-14(13(10-16)20-15(18)19)17-11-12-7-5-4-6-8-12/h4-8,11H,2-3,9H2,1H3. The summed E-state index contributed by atoms with van der Waals surface area (Å²) in [7, 11) is 0. The van der Waals surface area contributed by atoms with Crippen molar-refractivity contribution in [1.82, 2.24) is 4.57 Å². The molecule has 0 aliphatic heterocycles. The summed E-state index contributed by atoms with van der Waals surface area (Å²) in [6, 6.07) is 12.0. The minimum atomic E-state index is 0.582. The molecule has 0 fully saturated rings. The number of benzene rings is 1. The Balaban J connectivity index is 2.37. The van der Waals surface area contributed by atoms with Crippen molar-refractivity contribution in [2.45, 2.75) is 26.3 Å². The normalized spacial score (nSPS) is 10.8. The fraction of sp³-hybridized carbons (Fsp3) is 0.267. The van der Waals surface area contributed by atoms with Crippen molar-refractivity contribution in [3.8, 4) is 6.07 Å². The second-order valence-electron chi connectivity index (χ2n) is 4.31. The molecule has 0 atom stereocenters. The summed E-state index contributed by atoms with van der Waals surface area (Å²) in [5, 5.41) is 9.21. The summed E-state index contributed by atoms with van der Waals surface area (Å²) in [5.41, 5.74) is 1.01. The van der Waals surface area contributed by atoms with Gasteiger partial charge in [0.2, 0.25) is 0 Å². The molecule has 2 rings (SSSR count). The third-order valence-electron chi connectivity index (χ3n) is 2.84. The van der Waals surface area contributed by atoms with E-state index in [2.05, 4.69) is 18.0 Å². The zero-order chi connectivity index (χ0) is 14.4. The summed E-state index contributed by atoms with van der Waals surface area (Å²) >= 11 is 6.66. The lowest BCUT2D eigenvalue weighted by molar-refractivity contribution is 0.635. The molecule has 0 saturated carbocycles. The first kappa shape index (κ1) is 14.6. The molecule has 1 aromatic carbocycles. The van der Waals surface area contributed by atoms with Crippen molar-refractivity contribution in [3.05, 3.63) is 44.7 Å². The number of unbranched alkanes of at least 4 members (excludes halogenated alkanes) is 1. The van der Waals surface area contributed by atoms with Gasteiger partial charge in [-0.25, -0.2) is 4.99 Å². The Morgan fingerprint density at radius 1 is 1.40 bits per heavy atom. The first-order valence-corrected chi connectivity index (χ1v) is 7.71. The monoisotopic (exact) mass is 301 g/mol. The summed E-state index contributed by atoms with van der Waals surface area (Å²) < 4.78 is 2.68. The predicted molar refractivity (Wildman–Crippen MR) is 86.5 cm³/mol. The zero-order valence-corrected chi connectivity index (χ0v) is 12.9. The van der Waals surface area contributed by atoms with Crippen LogP contribution in [0.3, 0.4) is 0 Å². The number of aliphatic imine (C=N–C) groups is 1. The van der Waals surface area contributed by atoms with Crippen LogP contribution in [0.1, 0.15) is 30.2 Å². The maximum atomic E-state index is 9.21. The first-order valence-electron chi connectivity index (χ1n) is 6.49. The van der Waals surface area contributed by atoms with E-state index in [1.54, 1.807) is 6.21 Å². The maximum absolute atomic E-state index is 9.21. The third kappa shape index (κ3) is 3.41. The van der Waals surface area contributed by atoms with Crippen LogP contribution in [-0.2, 0) is 6.54 Å². The molecule has 1 aromatic heterocycles. The molecule has 0 amide bonds. The molecular weight excluding hydrogens is 286 g/mol. The van der Waals surface area contributed by atoms with Crippen LogP contribution in [0.25, 0.3) is 0 Å². The highest BCUT2D eigenvalue weighted by Gasteiger charge is 2.10. The number of nitrogens with zero attached hydrogens (tertiary/aromatic N) is 3. The second kappa shape index (κ2) is 7.13. The van der Waals surface area contributed by atoms with E-state index in [9.17, 15) is 5.26 Å². The van der Waals surface area contributed by atoms with Gasteiger partial charge in [0.05, 0.1) is 0 Å². The van der Waals surface area contributed by atoms with Crippen molar-refractivity contribution in [2.24, 2.45) is 4.99 Å². The molecular formula is C15H15N3S2. The molecule has 0 unspecified atom stereocenters. The number of hydrogen-bond acceptors (Lipinski definition) is 4. The smallest absolute Gasteiger partial charge is 0.164 e. The van der Waals surface area contributed by atoms with Gasteiger partial charge in [-0.1, -0.05) is 55.0 Å². The summed E-state index contributed by atoms with van der Waals surface area (Å²) in [4.78, 5) is 5.06. The molecule has 0 aliphatic rings. The topological polar surface area (TPSA) is 41.1 Å². The Kier molecular flexibility index (Phi) is 5.22. The molecule has 0 N–H and O–H groups in total. The second-order valence-corrected chi connectivity index (χ2v) is 5.95. The lowest BCUT2D eigenvalue weighted by Crippen LogP contribution is -1.97. The minimum absolute atomic E-state index is 0.582. The van der Waals surface area contributed by atoms with Crippen molar-refractivity contribution in [3.63, 3.8) is 0 Å². The van der Waals surface area contributed by atoms with Crippen LogP contribution in [-0.4, -0.2) is 10.8 Å². The van der Waals surface area contributed by atoms with E-state index in [1.807, 2.05) is 34.9 Å². The largest absolute Gasteiger partial charge is 0.307 e. The van der Waals surface area contributed by atoms with E-state index in [0.29, 0.717) is 10.7 Å². The molecule has 1 heterocycles. The molecule has 102 valence electrons. The van der Waals surface area contributed by atoms with Gasteiger partial charge in [0.1, 0.15) is 6.07 Å². The van der Waals surface area contributed by atoms with Gasteiger partial charge < -0.3 is 4.57 Å². The van der Waals surface area contributed by atoms with Gasteiger partial charge in [0.15, 0.2) is 14.6 Å². The van der Waals surface area contributed by atoms with Gasteiger partial charge in [0.25, 0.3) is 0 Å². The predicted octanol–water partition coefficient (Wildman–Crippen LogP) is 4.70. The number of nitriles is 1. The number of thiazole rings is 1. The third-order valence-corrected chi connectivity index (χ3v) is 4.18. The molecule has 0 saturated heterocycles. The molecule has 2 aromatic rings. The Labute approximate surface area is 127 Å². The van der Waals surface area contributed by atoms with Gasteiger partial charge >= 0.3 is 0 Å². The van der Waals surface area contributed by atoms with Crippen LogP contribution in [0.15, 0.2) is 35.3 Å². The van der Waals surface area contributed by atoms with Gasteiger partial charge in [0, 0.05) is 12.8 Å². The fourth-order valence-corrected chi connectivity index (χ4v) is 2.98. The Bertz CT molecular complexity index is 690. The summed E-state index contributed by atoms with van der Waals surface area (Å²) in [5.74, 6) is 0.680. The van der Waals surface area contributed by atoms with Crippen LogP contribution in [0.2, 0.25) is 0 Å². The van der Waals surface area contributed by atoms with E-state index in [0.717, 1.165) is 28.9 Å². The van der Waals surface area contributed by atoms with Gasteiger partial charge in [-0.3, -0.25) is 0 Å². The Morgan fingerprint density at radius 2 is 2.15 bits per heavy atom. The van der Waals surface area contributed by atoms with Crippen molar-refractivity contribution in [2.75, 3.05) is 0 Å². The molecule has 0 radical (unpaired) electrons. The highest BCUT2D eigenvalue weighted by molar-refractivity contribution is 7.73. The number of hydrogen-bond donors (Lipinski definition) is 0. The highest BCUT2D eigenvalue weighted by Crippen LogP contribution is 2.27. The zero-order valence-electron chi connectivity index (χ0n) is 11.2. The van der Waals surface area contributed by atoms with Crippen LogP contribution in [0.5, 0.6) is 0 Å². The summed E-state index contributed by atoms with van der Waals surface area (Å²) in [6.45, 7) is 2.95. The summed E-state index contributed by atoms with van der Waals surface area (Å²) in [6.07, 6.45) is 3.89. The van der Waals surface area contributed by atoms with E-state index in [4.69, 9.17) is 12.2 Å². The highest BCUT2D eigenvalue weighted by atomic mass is 32.1. The van der Waals surface area contributed by atoms with Gasteiger partial charge in [-0.05, 0) is 24.2 Å². The molecule has 20 heavy (non-hydrogen) atoms. The Hall–Kier alpha value is -1.77. The van der Waals surface area contributed by atoms with Crippen molar-refractivity contribution >= 4 is 35.6 Å². The molecule has 5 heteroatoms. The lowest BCUT2D eigenvalue weighted by Gasteiger charge is -2.04. The number of rotatable bonds is 5. The van der Waals surface area contributed by atoms with Crippen molar-refractivity contribution in [1.29, 1.82) is 5.26 Å². The quantitative estimate of drug-likeness (QED) is 0.593. The lowest BCUT2D eigenvalue weighted by atomic mass is 10.2. The van der Waals surface area contributed by atoms with E-state index in [1.165, 1.54) is 11.3 Å². The Morgan fingerprint density at radius 3 is 2.80 bits per heavy atom. The average molecular weight is 301 g/mol. The molecule has 0 bridgehead atoms. The van der Waals surface area contributed by atoms with E-state index < -0.39 is 0 Å². The van der Waals surface area contributed by atoms with Gasteiger partial charge in [-0.2, -0.15) is 5.26 Å². The van der Waals surface area contributed by atoms with Crippen molar-refractivity contribution < 1.29 is 0 Å². The van der Waals surface area contributed by atoms with E-state index in [-0.39, 0.29) is 0 Å². The maximum Gasteiger partial charge on any atom is 0.164 e. The first-order chi connectivity index (χ1) is 9.76. The SMILES string of the molecule is CCCCn1c(N=Cc2ccccc2)c(C#N)sc1=S. The molecule has 0 aliphatic carbocycles. The van der Waals surface area contributed by atoms with Crippen LogP contribution < -0.4 is 0 Å². The average Bonchev–Trinajstić information content (AvgIpc) is 2.79. The van der Waals surface area contributed by atoms with E-state index >= 15 is 0 Å². The van der Waals surface area contributed by atoms with Crippen LogP contribution in [0.4, 0.5) is 5.82 Å². The van der Waals surface area contributed by atoms with Crippen LogP contribution >= 0.6 is 23.6 Å². The van der Waals surface area contributed by atoms with Crippen LogP contribution in [0, 0.1) is 15.3 Å². The molecule has 3 nitrogen and oxygen atoms in total. The fourth-order valence-electron chi connectivity index (χ4n) is 1.79. The molecule has 0 spiro atoms. The number of aromatic nitrogens is 1. The van der Waals surface area contributed by atoms with Gasteiger partial charge in [-0.15, -0.1) is 0 Å². The minimum Gasteiger partial charge on any atom is -0.307 e.